The summed E-state index contributed by atoms with van der Waals surface area (Å²) < 4.78 is -0.619. The van der Waals surface area contributed by atoms with E-state index in [-0.39, 0.29) is 17.9 Å². The fourth-order valence-corrected chi connectivity index (χ4v) is 4.11. The zero-order chi connectivity index (χ0) is 17.6. The molecular formula is C19H22O4S. The van der Waals surface area contributed by atoms with E-state index in [9.17, 15) is 20.1 Å². The lowest BCUT2D eigenvalue weighted by Gasteiger charge is -2.33. The van der Waals surface area contributed by atoms with Gasteiger partial charge in [-0.3, -0.25) is 4.79 Å². The zero-order valence-electron chi connectivity index (χ0n) is 13.6. The largest absolute Gasteiger partial charge is 0.508 e. The van der Waals surface area contributed by atoms with Gasteiger partial charge in [-0.2, -0.15) is 0 Å². The summed E-state index contributed by atoms with van der Waals surface area (Å²) in [4.78, 5) is 12.5. The van der Waals surface area contributed by atoms with Gasteiger partial charge in [0.1, 0.15) is 11.5 Å². The SMILES string of the molecule is CCCCC(CC(=O)O)(Sc1ccc(O)cc1)c1ccc(O)cc1. The first kappa shape index (κ1) is 18.2. The number of carbonyl (C=O) groups is 1. The van der Waals surface area contributed by atoms with Gasteiger partial charge >= 0.3 is 5.97 Å². The molecule has 0 fully saturated rings. The van der Waals surface area contributed by atoms with Gasteiger partial charge in [0.2, 0.25) is 0 Å². The molecule has 2 aromatic rings. The molecule has 0 amide bonds. The normalized spacial score (nSPS) is 13.4. The van der Waals surface area contributed by atoms with Gasteiger partial charge in [-0.1, -0.05) is 31.9 Å². The van der Waals surface area contributed by atoms with Gasteiger partial charge in [0.25, 0.3) is 0 Å². The van der Waals surface area contributed by atoms with Gasteiger partial charge < -0.3 is 15.3 Å². The molecule has 0 saturated carbocycles. The van der Waals surface area contributed by atoms with Crippen molar-refractivity contribution in [3.8, 4) is 11.5 Å². The molecule has 2 rings (SSSR count). The van der Waals surface area contributed by atoms with E-state index in [2.05, 4.69) is 6.92 Å². The van der Waals surface area contributed by atoms with E-state index in [4.69, 9.17) is 0 Å². The minimum Gasteiger partial charge on any atom is -0.508 e. The minimum absolute atomic E-state index is 0.0106. The van der Waals surface area contributed by atoms with Crippen LogP contribution in [0.4, 0.5) is 0 Å². The standard InChI is InChI=1S/C19H22O4S/c1-2-3-12-19(13-18(22)23,14-4-6-15(20)7-5-14)24-17-10-8-16(21)9-11-17/h4-11,20-21H,2-3,12-13H2,1H3,(H,22,23). The summed E-state index contributed by atoms with van der Waals surface area (Å²) in [5, 5.41) is 28.5. The highest BCUT2D eigenvalue weighted by Gasteiger charge is 2.35. The van der Waals surface area contributed by atoms with Gasteiger partial charge in [0.15, 0.2) is 0 Å². The lowest BCUT2D eigenvalue weighted by Crippen LogP contribution is -2.26. The van der Waals surface area contributed by atoms with Gasteiger partial charge in [-0.15, -0.1) is 11.8 Å². The number of aromatic hydroxyl groups is 2. The third-order valence-corrected chi connectivity index (χ3v) is 5.40. The molecule has 0 aromatic heterocycles. The van der Waals surface area contributed by atoms with E-state index in [0.717, 1.165) is 23.3 Å². The molecule has 0 aliphatic heterocycles. The summed E-state index contributed by atoms with van der Waals surface area (Å²) in [6.07, 6.45) is 2.57. The fraction of sp³-hybridized carbons (Fsp3) is 0.316. The predicted octanol–water partition coefficient (Wildman–Crippen LogP) is 4.75. The molecule has 5 heteroatoms. The van der Waals surface area contributed by atoms with Crippen LogP contribution in [0.15, 0.2) is 53.4 Å². The number of hydrogen-bond donors (Lipinski definition) is 3. The first-order valence-corrected chi connectivity index (χ1v) is 8.76. The van der Waals surface area contributed by atoms with Crippen molar-refractivity contribution >= 4 is 17.7 Å². The van der Waals surface area contributed by atoms with Crippen LogP contribution >= 0.6 is 11.8 Å². The second kappa shape index (κ2) is 8.11. The van der Waals surface area contributed by atoms with Crippen molar-refractivity contribution in [2.45, 2.75) is 42.2 Å². The number of phenols is 2. The highest BCUT2D eigenvalue weighted by molar-refractivity contribution is 8.00. The Morgan fingerprint density at radius 1 is 1.00 bits per heavy atom. The van der Waals surface area contributed by atoms with Crippen LogP contribution in [0.2, 0.25) is 0 Å². The molecule has 4 nitrogen and oxygen atoms in total. The zero-order valence-corrected chi connectivity index (χ0v) is 14.4. The monoisotopic (exact) mass is 346 g/mol. The Morgan fingerprint density at radius 2 is 1.54 bits per heavy atom. The number of thioether (sulfide) groups is 1. The Kier molecular flexibility index (Phi) is 6.15. The molecule has 0 spiro atoms. The maximum absolute atomic E-state index is 11.6. The van der Waals surface area contributed by atoms with Gasteiger partial charge in [-0.05, 0) is 48.4 Å². The Bertz CT molecular complexity index is 667. The average Bonchev–Trinajstić information content (AvgIpc) is 2.55. The Labute approximate surface area is 146 Å². The Hall–Kier alpha value is -2.14. The van der Waals surface area contributed by atoms with Crippen molar-refractivity contribution in [3.63, 3.8) is 0 Å². The molecule has 2 aromatic carbocycles. The maximum Gasteiger partial charge on any atom is 0.305 e. The number of rotatable bonds is 8. The first-order chi connectivity index (χ1) is 11.4. The van der Waals surface area contributed by atoms with Crippen molar-refractivity contribution < 1.29 is 20.1 Å². The highest BCUT2D eigenvalue weighted by Crippen LogP contribution is 2.48. The number of phenolic OH excluding ortho intramolecular Hbond substituents is 2. The molecule has 0 radical (unpaired) electrons. The average molecular weight is 346 g/mol. The Balaban J connectivity index is 2.44. The molecule has 0 heterocycles. The summed E-state index contributed by atoms with van der Waals surface area (Å²) >= 11 is 1.50. The molecular weight excluding hydrogens is 324 g/mol. The van der Waals surface area contributed by atoms with Crippen LogP contribution in [0.25, 0.3) is 0 Å². The maximum atomic E-state index is 11.6. The van der Waals surface area contributed by atoms with Crippen LogP contribution in [0, 0.1) is 0 Å². The smallest absolute Gasteiger partial charge is 0.305 e. The van der Waals surface area contributed by atoms with Crippen LogP contribution in [0.1, 0.15) is 38.2 Å². The van der Waals surface area contributed by atoms with E-state index in [1.807, 2.05) is 0 Å². The van der Waals surface area contributed by atoms with E-state index in [0.29, 0.717) is 6.42 Å². The summed E-state index contributed by atoms with van der Waals surface area (Å²) in [7, 11) is 0. The highest BCUT2D eigenvalue weighted by atomic mass is 32.2. The second-order valence-electron chi connectivity index (χ2n) is 5.81. The third kappa shape index (κ3) is 4.68. The van der Waals surface area contributed by atoms with Crippen LogP contribution in [-0.2, 0) is 9.54 Å². The number of aliphatic carboxylic acids is 1. The lowest BCUT2D eigenvalue weighted by atomic mass is 9.89. The third-order valence-electron chi connectivity index (χ3n) is 3.91. The van der Waals surface area contributed by atoms with Crippen molar-refractivity contribution in [2.75, 3.05) is 0 Å². The fourth-order valence-electron chi connectivity index (χ4n) is 2.69. The Morgan fingerprint density at radius 3 is 2.04 bits per heavy atom. The second-order valence-corrected chi connectivity index (χ2v) is 7.27. The van der Waals surface area contributed by atoms with Gasteiger partial charge in [-0.25, -0.2) is 0 Å². The molecule has 0 saturated heterocycles. The van der Waals surface area contributed by atoms with E-state index >= 15 is 0 Å². The number of unbranched alkanes of at least 4 members (excludes halogenated alkanes) is 1. The summed E-state index contributed by atoms with van der Waals surface area (Å²) in [6.45, 7) is 2.08. The molecule has 0 aliphatic carbocycles. The molecule has 0 bridgehead atoms. The van der Waals surface area contributed by atoms with E-state index < -0.39 is 10.7 Å². The summed E-state index contributed by atoms with van der Waals surface area (Å²) in [5.74, 6) is -0.514. The van der Waals surface area contributed by atoms with Crippen LogP contribution in [-0.4, -0.2) is 21.3 Å². The number of carboxylic acids is 1. The molecule has 128 valence electrons. The topological polar surface area (TPSA) is 77.8 Å². The molecule has 24 heavy (non-hydrogen) atoms. The predicted molar refractivity (Wildman–Crippen MR) is 95.5 cm³/mol. The van der Waals surface area contributed by atoms with E-state index in [1.54, 1.807) is 48.5 Å². The van der Waals surface area contributed by atoms with Crippen LogP contribution < -0.4 is 0 Å². The number of benzene rings is 2. The van der Waals surface area contributed by atoms with Crippen molar-refractivity contribution in [2.24, 2.45) is 0 Å². The van der Waals surface area contributed by atoms with Gasteiger partial charge in [0.05, 0.1) is 11.2 Å². The van der Waals surface area contributed by atoms with Crippen molar-refractivity contribution in [1.82, 2.24) is 0 Å². The van der Waals surface area contributed by atoms with E-state index in [1.165, 1.54) is 11.8 Å². The van der Waals surface area contributed by atoms with Gasteiger partial charge in [0, 0.05) is 4.90 Å². The molecule has 0 aliphatic rings. The summed E-state index contributed by atoms with van der Waals surface area (Å²) in [6, 6.07) is 13.6. The molecule has 1 atom stereocenters. The van der Waals surface area contributed by atoms with Crippen LogP contribution in [0.3, 0.4) is 0 Å². The summed E-state index contributed by atoms with van der Waals surface area (Å²) in [5.41, 5.74) is 0.884. The molecule has 3 N–H and O–H groups in total. The molecule has 1 unspecified atom stereocenters. The minimum atomic E-state index is -0.856. The quantitative estimate of drug-likeness (QED) is 0.601. The number of carboxylic acid groups (broad SMARTS) is 1. The number of hydrogen-bond acceptors (Lipinski definition) is 4. The van der Waals surface area contributed by atoms with Crippen molar-refractivity contribution in [3.05, 3.63) is 54.1 Å². The van der Waals surface area contributed by atoms with Crippen LogP contribution in [0.5, 0.6) is 11.5 Å². The first-order valence-electron chi connectivity index (χ1n) is 7.94. The lowest BCUT2D eigenvalue weighted by molar-refractivity contribution is -0.137. The van der Waals surface area contributed by atoms with Crippen molar-refractivity contribution in [1.29, 1.82) is 0 Å².